The standard InChI is InChI=1S/C15H24BrN5/c1-3-13-15(16)14(21(4-2)19-13)11-17-7-5-6-9-20-10-8-18-12-20/h8,10,12,17H,3-7,9,11H2,1-2H3. The fraction of sp³-hybridized carbons (Fsp3) is 0.600. The van der Waals surface area contributed by atoms with Gasteiger partial charge in [-0.25, -0.2) is 4.98 Å². The number of halogens is 1. The normalized spacial score (nSPS) is 11.2. The van der Waals surface area contributed by atoms with Gasteiger partial charge in [0.05, 0.1) is 22.2 Å². The highest BCUT2D eigenvalue weighted by Crippen LogP contribution is 2.22. The Morgan fingerprint density at radius 3 is 2.81 bits per heavy atom. The third kappa shape index (κ3) is 4.41. The van der Waals surface area contributed by atoms with Crippen molar-refractivity contribution in [3.05, 3.63) is 34.6 Å². The smallest absolute Gasteiger partial charge is 0.0945 e. The Hall–Kier alpha value is -1.14. The predicted octanol–water partition coefficient (Wildman–Crippen LogP) is 2.99. The van der Waals surface area contributed by atoms with Crippen LogP contribution in [0.1, 0.15) is 38.1 Å². The van der Waals surface area contributed by atoms with Crippen LogP contribution < -0.4 is 5.32 Å². The van der Waals surface area contributed by atoms with Gasteiger partial charge in [0.25, 0.3) is 0 Å². The molecular weight excluding hydrogens is 330 g/mol. The topological polar surface area (TPSA) is 47.7 Å². The average Bonchev–Trinajstić information content (AvgIpc) is 3.11. The number of aromatic nitrogens is 4. The zero-order valence-electron chi connectivity index (χ0n) is 12.8. The molecular formula is C15H24BrN5. The minimum Gasteiger partial charge on any atom is -0.337 e. The summed E-state index contributed by atoms with van der Waals surface area (Å²) in [7, 11) is 0. The Kier molecular flexibility index (Phi) is 6.45. The van der Waals surface area contributed by atoms with E-state index < -0.39 is 0 Å². The summed E-state index contributed by atoms with van der Waals surface area (Å²) in [4.78, 5) is 4.05. The molecule has 0 fully saturated rings. The second kappa shape index (κ2) is 8.34. The van der Waals surface area contributed by atoms with Crippen molar-refractivity contribution in [2.24, 2.45) is 0 Å². The number of imidazole rings is 1. The fourth-order valence-electron chi connectivity index (χ4n) is 2.36. The van der Waals surface area contributed by atoms with Crippen molar-refractivity contribution >= 4 is 15.9 Å². The summed E-state index contributed by atoms with van der Waals surface area (Å²) in [6, 6.07) is 0. The van der Waals surface area contributed by atoms with E-state index in [0.717, 1.165) is 55.6 Å². The third-order valence-electron chi connectivity index (χ3n) is 3.57. The van der Waals surface area contributed by atoms with Crippen LogP contribution >= 0.6 is 15.9 Å². The van der Waals surface area contributed by atoms with E-state index in [1.54, 1.807) is 0 Å². The first-order valence-electron chi connectivity index (χ1n) is 7.66. The minimum atomic E-state index is 0.868. The molecule has 21 heavy (non-hydrogen) atoms. The van der Waals surface area contributed by atoms with E-state index in [4.69, 9.17) is 0 Å². The van der Waals surface area contributed by atoms with Gasteiger partial charge in [-0.1, -0.05) is 6.92 Å². The lowest BCUT2D eigenvalue weighted by Crippen LogP contribution is -2.18. The Bertz CT molecular complexity index is 533. The van der Waals surface area contributed by atoms with Crippen molar-refractivity contribution in [2.75, 3.05) is 6.54 Å². The van der Waals surface area contributed by atoms with Gasteiger partial charge in [-0.3, -0.25) is 4.68 Å². The molecule has 2 rings (SSSR count). The van der Waals surface area contributed by atoms with Crippen LogP contribution in [-0.4, -0.2) is 25.9 Å². The van der Waals surface area contributed by atoms with Crippen molar-refractivity contribution in [3.8, 4) is 0 Å². The molecule has 0 radical (unpaired) electrons. The van der Waals surface area contributed by atoms with Crippen LogP contribution in [0.2, 0.25) is 0 Å². The maximum absolute atomic E-state index is 4.62. The largest absolute Gasteiger partial charge is 0.337 e. The summed E-state index contributed by atoms with van der Waals surface area (Å²) < 4.78 is 5.37. The van der Waals surface area contributed by atoms with Crippen LogP contribution in [0, 0.1) is 0 Å². The quantitative estimate of drug-likeness (QED) is 0.705. The molecule has 0 spiro atoms. The number of aryl methyl sites for hydroxylation is 3. The number of rotatable bonds is 9. The van der Waals surface area contributed by atoms with Gasteiger partial charge < -0.3 is 9.88 Å². The van der Waals surface area contributed by atoms with Crippen molar-refractivity contribution in [2.45, 2.75) is 52.7 Å². The number of nitrogens with zero attached hydrogens (tertiary/aromatic N) is 4. The summed E-state index contributed by atoms with van der Waals surface area (Å²) in [6.45, 7) is 8.12. The van der Waals surface area contributed by atoms with E-state index >= 15 is 0 Å². The molecule has 0 aliphatic heterocycles. The summed E-state index contributed by atoms with van der Waals surface area (Å²) in [5.41, 5.74) is 2.40. The predicted molar refractivity (Wildman–Crippen MR) is 88.1 cm³/mol. The molecule has 6 heteroatoms. The van der Waals surface area contributed by atoms with Crippen molar-refractivity contribution in [1.29, 1.82) is 0 Å². The summed E-state index contributed by atoms with van der Waals surface area (Å²) in [6.07, 6.45) is 9.00. The zero-order valence-corrected chi connectivity index (χ0v) is 14.4. The maximum atomic E-state index is 4.62. The number of unbranched alkanes of at least 4 members (excludes halogenated alkanes) is 1. The van der Waals surface area contributed by atoms with Crippen LogP contribution in [0.15, 0.2) is 23.2 Å². The Morgan fingerprint density at radius 2 is 2.14 bits per heavy atom. The molecule has 0 bridgehead atoms. The second-order valence-corrected chi connectivity index (χ2v) is 5.85. The SMILES string of the molecule is CCc1nn(CC)c(CNCCCCn2ccnc2)c1Br. The Balaban J connectivity index is 1.72. The third-order valence-corrected chi connectivity index (χ3v) is 4.48. The highest BCUT2D eigenvalue weighted by atomic mass is 79.9. The molecule has 2 aromatic rings. The van der Waals surface area contributed by atoms with Gasteiger partial charge in [-0.2, -0.15) is 5.10 Å². The van der Waals surface area contributed by atoms with E-state index in [2.05, 4.69) is 54.4 Å². The molecule has 0 atom stereocenters. The molecule has 2 aromatic heterocycles. The van der Waals surface area contributed by atoms with E-state index in [0.29, 0.717) is 0 Å². The number of hydrogen-bond donors (Lipinski definition) is 1. The average molecular weight is 354 g/mol. The van der Waals surface area contributed by atoms with Gasteiger partial charge in [-0.15, -0.1) is 0 Å². The lowest BCUT2D eigenvalue weighted by molar-refractivity contribution is 0.542. The monoisotopic (exact) mass is 353 g/mol. The molecule has 2 heterocycles. The molecule has 5 nitrogen and oxygen atoms in total. The summed E-state index contributed by atoms with van der Waals surface area (Å²) in [5.74, 6) is 0. The van der Waals surface area contributed by atoms with Crippen LogP contribution in [0.3, 0.4) is 0 Å². The van der Waals surface area contributed by atoms with Crippen LogP contribution in [-0.2, 0) is 26.1 Å². The zero-order chi connectivity index (χ0) is 15.1. The molecule has 0 amide bonds. The molecule has 0 aliphatic carbocycles. The lowest BCUT2D eigenvalue weighted by atomic mass is 10.3. The molecule has 0 saturated heterocycles. The molecule has 0 aliphatic rings. The van der Waals surface area contributed by atoms with Gasteiger partial charge in [-0.05, 0) is 48.7 Å². The van der Waals surface area contributed by atoms with Crippen LogP contribution in [0.25, 0.3) is 0 Å². The van der Waals surface area contributed by atoms with Gasteiger partial charge in [0.2, 0.25) is 0 Å². The van der Waals surface area contributed by atoms with Crippen molar-refractivity contribution in [1.82, 2.24) is 24.6 Å². The minimum absolute atomic E-state index is 0.868. The first-order valence-corrected chi connectivity index (χ1v) is 8.46. The van der Waals surface area contributed by atoms with Gasteiger partial charge in [0.1, 0.15) is 0 Å². The summed E-state index contributed by atoms with van der Waals surface area (Å²) in [5, 5.41) is 8.13. The first kappa shape index (κ1) is 16.2. The van der Waals surface area contributed by atoms with Crippen LogP contribution in [0.4, 0.5) is 0 Å². The molecule has 0 saturated carbocycles. The summed E-state index contributed by atoms with van der Waals surface area (Å²) >= 11 is 3.68. The Labute approximate surface area is 134 Å². The molecule has 0 unspecified atom stereocenters. The van der Waals surface area contributed by atoms with Crippen molar-refractivity contribution < 1.29 is 0 Å². The highest BCUT2D eigenvalue weighted by molar-refractivity contribution is 9.10. The number of hydrogen-bond acceptors (Lipinski definition) is 3. The molecule has 116 valence electrons. The van der Waals surface area contributed by atoms with Gasteiger partial charge in [0.15, 0.2) is 0 Å². The maximum Gasteiger partial charge on any atom is 0.0945 e. The van der Waals surface area contributed by atoms with E-state index in [1.807, 2.05) is 18.7 Å². The van der Waals surface area contributed by atoms with E-state index in [1.165, 1.54) is 5.69 Å². The van der Waals surface area contributed by atoms with E-state index in [9.17, 15) is 0 Å². The van der Waals surface area contributed by atoms with Gasteiger partial charge in [0, 0.05) is 32.0 Å². The lowest BCUT2D eigenvalue weighted by Gasteiger charge is -2.08. The van der Waals surface area contributed by atoms with Crippen LogP contribution in [0.5, 0.6) is 0 Å². The Morgan fingerprint density at radius 1 is 1.29 bits per heavy atom. The molecule has 1 N–H and O–H groups in total. The van der Waals surface area contributed by atoms with Crippen molar-refractivity contribution in [3.63, 3.8) is 0 Å². The van der Waals surface area contributed by atoms with E-state index in [-0.39, 0.29) is 0 Å². The second-order valence-electron chi connectivity index (χ2n) is 5.06. The van der Waals surface area contributed by atoms with Gasteiger partial charge >= 0.3 is 0 Å². The fourth-order valence-corrected chi connectivity index (χ4v) is 3.06. The first-order chi connectivity index (χ1) is 10.3. The molecule has 0 aromatic carbocycles. The number of nitrogens with one attached hydrogen (secondary N) is 1. The highest BCUT2D eigenvalue weighted by Gasteiger charge is 2.12.